The Morgan fingerprint density at radius 1 is 0.208 bits per heavy atom. The average Bonchev–Trinajstić information content (AvgIpc) is 1.19. The van der Waals surface area contributed by atoms with Crippen LogP contribution in [0, 0.1) is 0 Å². The van der Waals surface area contributed by atoms with Crippen molar-refractivity contribution in [2.75, 3.05) is 9.80 Å². The molecular weight excluding hydrogens is 1280 g/mol. The molecule has 18 aromatic rings. The molecule has 504 valence electrons. The van der Waals surface area contributed by atoms with Crippen LogP contribution < -0.4 is 9.80 Å². The second-order valence-electron chi connectivity index (χ2n) is 31.6. The normalized spacial score (nSPS) is 13.4. The highest BCUT2D eigenvalue weighted by molar-refractivity contribution is 6.23. The van der Waals surface area contributed by atoms with Gasteiger partial charge in [-0.15, -0.1) is 0 Å². The summed E-state index contributed by atoms with van der Waals surface area (Å²) in [5, 5.41) is 17.0. The highest BCUT2D eigenvalue weighted by Gasteiger charge is 2.39. The molecule has 0 aromatic heterocycles. The van der Waals surface area contributed by atoms with Crippen LogP contribution in [0.1, 0.15) is 76.3 Å². The van der Waals surface area contributed by atoms with E-state index in [1.165, 1.54) is 170 Å². The van der Waals surface area contributed by atoms with Gasteiger partial charge < -0.3 is 9.80 Å². The van der Waals surface area contributed by atoms with E-state index >= 15 is 0 Å². The fourth-order valence-electron chi connectivity index (χ4n) is 18.1. The molecule has 0 saturated heterocycles. The van der Waals surface area contributed by atoms with Gasteiger partial charge in [-0.25, -0.2) is 0 Å². The first kappa shape index (κ1) is 63.1. The molecule has 20 rings (SSSR count). The lowest BCUT2D eigenvalue weighted by molar-refractivity contribution is 0.590. The van der Waals surface area contributed by atoms with Crippen LogP contribution in [0.25, 0.3) is 142 Å². The third-order valence-electron chi connectivity index (χ3n) is 23.7. The Bertz CT molecular complexity index is 6680. The summed E-state index contributed by atoms with van der Waals surface area (Å²) in [7, 11) is 0. The Morgan fingerprint density at radius 2 is 0.528 bits per heavy atom. The molecule has 0 amide bonds. The van der Waals surface area contributed by atoms with Crippen LogP contribution in [-0.4, -0.2) is 0 Å². The third kappa shape index (κ3) is 10.1. The number of benzene rings is 18. The Hall–Kier alpha value is -12.6. The van der Waals surface area contributed by atoms with E-state index in [2.05, 4.69) is 404 Å². The van der Waals surface area contributed by atoms with Crippen LogP contribution in [0.15, 0.2) is 346 Å². The van der Waals surface area contributed by atoms with Gasteiger partial charge in [-0.05, 0) is 272 Å². The largest absolute Gasteiger partial charge is 0.310 e. The van der Waals surface area contributed by atoms with Gasteiger partial charge >= 0.3 is 0 Å². The molecular formula is C104H78N2. The van der Waals surface area contributed by atoms with Crippen LogP contribution in [0.2, 0.25) is 0 Å². The smallest absolute Gasteiger partial charge is 0.0468 e. The SMILES string of the molecule is CC(C)(C)c1ccc(N(c2ccc3c(c2)C(C)(C)c2cc(-c4cccc5ccccc45)ccc2-3)c2ccc3c(-c4ccc5ccccc5c4)c4cc(N(c5ccc6c(c5)C(C)(C)c5cc(-c7cccc8ccccc78)ccc5-6)c5ccc6ccccc6c5)ccc4c(-c4ccc5ccccc5c4)c3c2)cc1. The minimum absolute atomic E-state index is 0.0308. The van der Waals surface area contributed by atoms with Gasteiger partial charge in [-0.2, -0.15) is 0 Å². The molecule has 0 N–H and O–H groups in total. The van der Waals surface area contributed by atoms with Crippen LogP contribution in [0.5, 0.6) is 0 Å². The van der Waals surface area contributed by atoms with Gasteiger partial charge in [0.05, 0.1) is 0 Å². The standard InChI is InChI=1S/C104H78N2/c1-102(2,3)77-41-44-78(45-42-77)105(82-46-52-90-88-50-39-73(59-96(88)103(4,5)98(90)63-82)86-32-18-28-68-23-14-16-30-84(68)86)80-48-54-92-94(61-80)100(75-36-34-65-20-8-11-25-70(65)56-75)93-55-49-81(62-95(93)101(92)76-37-35-66-21-9-12-26-71(66)57-76)106(79-43-38-67-22-10-13-27-72(67)58-79)83-47-53-91-89-51-40-74(60-97(89)104(6,7)99(91)64-83)87-33-19-29-69-24-15-17-31-85(69)87/h8-64H,1-7H3. The van der Waals surface area contributed by atoms with Crippen LogP contribution >= 0.6 is 0 Å². The number of rotatable bonds is 10. The fraction of sp³-hybridized carbons (Fsp3) is 0.0962. The number of hydrogen-bond donors (Lipinski definition) is 0. The quantitative estimate of drug-likeness (QED) is 0.126. The summed E-state index contributed by atoms with van der Waals surface area (Å²) in [5.74, 6) is 0. The summed E-state index contributed by atoms with van der Waals surface area (Å²) in [5.41, 5.74) is 27.5. The van der Waals surface area contributed by atoms with E-state index in [1.807, 2.05) is 0 Å². The highest BCUT2D eigenvalue weighted by atomic mass is 15.1. The lowest BCUT2D eigenvalue weighted by Gasteiger charge is -2.30. The zero-order valence-electron chi connectivity index (χ0n) is 60.8. The molecule has 0 fully saturated rings. The first-order chi connectivity index (χ1) is 51.7. The number of fused-ring (bicyclic) bond motifs is 13. The fourth-order valence-corrected chi connectivity index (χ4v) is 18.1. The summed E-state index contributed by atoms with van der Waals surface area (Å²) in [6, 6.07) is 131. The van der Waals surface area contributed by atoms with E-state index in [0.29, 0.717) is 0 Å². The number of nitrogens with zero attached hydrogens (tertiary/aromatic N) is 2. The topological polar surface area (TPSA) is 6.48 Å². The van der Waals surface area contributed by atoms with Crippen molar-refractivity contribution in [1.29, 1.82) is 0 Å². The molecule has 2 nitrogen and oxygen atoms in total. The molecule has 0 saturated carbocycles. The summed E-state index contributed by atoms with van der Waals surface area (Å²) >= 11 is 0. The molecule has 18 aromatic carbocycles. The lowest BCUT2D eigenvalue weighted by atomic mass is 9.81. The van der Waals surface area contributed by atoms with Crippen molar-refractivity contribution in [3.8, 4) is 66.8 Å². The van der Waals surface area contributed by atoms with E-state index in [9.17, 15) is 0 Å². The minimum Gasteiger partial charge on any atom is -0.310 e. The molecule has 2 aliphatic rings. The van der Waals surface area contributed by atoms with Gasteiger partial charge in [0.2, 0.25) is 0 Å². The van der Waals surface area contributed by atoms with Gasteiger partial charge in [0.1, 0.15) is 0 Å². The summed E-state index contributed by atoms with van der Waals surface area (Å²) in [6.45, 7) is 16.6. The Morgan fingerprint density at radius 3 is 0.981 bits per heavy atom. The number of anilines is 6. The second kappa shape index (κ2) is 24.0. The molecule has 0 unspecified atom stereocenters. The number of hydrogen-bond acceptors (Lipinski definition) is 2. The molecule has 2 aliphatic carbocycles. The molecule has 0 aliphatic heterocycles. The highest BCUT2D eigenvalue weighted by Crippen LogP contribution is 2.56. The van der Waals surface area contributed by atoms with Crippen molar-refractivity contribution in [2.24, 2.45) is 0 Å². The average molecular weight is 1360 g/mol. The van der Waals surface area contributed by atoms with Crippen molar-refractivity contribution in [1.82, 2.24) is 0 Å². The van der Waals surface area contributed by atoms with E-state index in [-0.39, 0.29) is 16.2 Å². The van der Waals surface area contributed by atoms with Crippen LogP contribution in [-0.2, 0) is 16.2 Å². The van der Waals surface area contributed by atoms with Crippen molar-refractivity contribution >= 4 is 110 Å². The summed E-state index contributed by atoms with van der Waals surface area (Å²) in [4.78, 5) is 5.03. The van der Waals surface area contributed by atoms with Crippen molar-refractivity contribution in [3.63, 3.8) is 0 Å². The molecule has 2 heteroatoms. The molecule has 106 heavy (non-hydrogen) atoms. The molecule has 0 heterocycles. The van der Waals surface area contributed by atoms with E-state index in [0.717, 1.165) is 34.1 Å². The van der Waals surface area contributed by atoms with E-state index in [1.54, 1.807) is 0 Å². The molecule has 0 spiro atoms. The predicted octanol–water partition coefficient (Wildman–Crippen LogP) is 29.3. The lowest BCUT2D eigenvalue weighted by Crippen LogP contribution is -2.17. The van der Waals surface area contributed by atoms with Crippen LogP contribution in [0.3, 0.4) is 0 Å². The zero-order valence-corrected chi connectivity index (χ0v) is 60.8. The van der Waals surface area contributed by atoms with Crippen molar-refractivity contribution < 1.29 is 0 Å². The van der Waals surface area contributed by atoms with Crippen molar-refractivity contribution in [2.45, 2.75) is 64.7 Å². The third-order valence-corrected chi connectivity index (χ3v) is 23.7. The maximum absolute atomic E-state index is 2.52. The second-order valence-corrected chi connectivity index (χ2v) is 31.6. The molecule has 0 atom stereocenters. The Balaban J connectivity index is 0.803. The van der Waals surface area contributed by atoms with Gasteiger partial charge in [0, 0.05) is 45.0 Å². The molecule has 0 bridgehead atoms. The monoisotopic (exact) mass is 1350 g/mol. The van der Waals surface area contributed by atoms with Gasteiger partial charge in [0.15, 0.2) is 0 Å². The van der Waals surface area contributed by atoms with E-state index < -0.39 is 0 Å². The Labute approximate surface area is 620 Å². The van der Waals surface area contributed by atoms with E-state index in [4.69, 9.17) is 0 Å². The minimum atomic E-state index is -0.298. The van der Waals surface area contributed by atoms with Gasteiger partial charge in [-0.1, -0.05) is 297 Å². The van der Waals surface area contributed by atoms with Crippen LogP contribution in [0.4, 0.5) is 34.1 Å². The first-order valence-electron chi connectivity index (χ1n) is 37.4. The first-order valence-corrected chi connectivity index (χ1v) is 37.4. The maximum atomic E-state index is 2.52. The molecule has 0 radical (unpaired) electrons. The zero-order chi connectivity index (χ0) is 71.3. The van der Waals surface area contributed by atoms with Gasteiger partial charge in [0.25, 0.3) is 0 Å². The summed E-state index contributed by atoms with van der Waals surface area (Å²) < 4.78 is 0. The summed E-state index contributed by atoms with van der Waals surface area (Å²) in [6.07, 6.45) is 0. The Kier molecular flexibility index (Phi) is 14.3. The van der Waals surface area contributed by atoms with Crippen molar-refractivity contribution in [3.05, 3.63) is 374 Å². The predicted molar refractivity (Wildman–Crippen MR) is 454 cm³/mol. The van der Waals surface area contributed by atoms with Gasteiger partial charge in [-0.3, -0.25) is 0 Å². The maximum Gasteiger partial charge on any atom is 0.0468 e.